The molecule has 1 saturated carbocycles. The molecule has 2 aromatic heterocycles. The van der Waals surface area contributed by atoms with E-state index in [-0.39, 0.29) is 17.9 Å². The van der Waals surface area contributed by atoms with Crippen molar-refractivity contribution in [2.75, 3.05) is 22.5 Å². The van der Waals surface area contributed by atoms with Gasteiger partial charge >= 0.3 is 6.09 Å². The topological polar surface area (TPSA) is 120 Å². The zero-order valence-electron chi connectivity index (χ0n) is 18.5. The number of anilines is 3. The van der Waals surface area contributed by atoms with E-state index < -0.39 is 5.60 Å². The molecule has 3 heterocycles. The van der Waals surface area contributed by atoms with Crippen LogP contribution in [0.5, 0.6) is 11.5 Å². The summed E-state index contributed by atoms with van der Waals surface area (Å²) in [5.74, 6) is 1.47. The van der Waals surface area contributed by atoms with Crippen LogP contribution in [-0.2, 0) is 9.53 Å². The molecule has 3 aromatic rings. The monoisotopic (exact) mass is 459 g/mol. The second-order valence-corrected chi connectivity index (χ2v) is 8.63. The van der Waals surface area contributed by atoms with Gasteiger partial charge in [-0.05, 0) is 62.1 Å². The lowest BCUT2D eigenvalue weighted by molar-refractivity contribution is -0.122. The third-order valence-electron chi connectivity index (χ3n) is 6.31. The molecule has 1 aliphatic heterocycles. The summed E-state index contributed by atoms with van der Waals surface area (Å²) in [5.41, 5.74) is 6.53. The maximum atomic E-state index is 12.9. The number of rotatable bonds is 5. The molecule has 174 valence electrons. The molecule has 0 radical (unpaired) electrons. The lowest BCUT2D eigenvalue weighted by atomic mass is 9.78. The second kappa shape index (κ2) is 9.01. The molecule has 1 aliphatic carbocycles. The maximum Gasteiger partial charge on any atom is 0.416 e. The number of nitrogens with one attached hydrogen (secondary N) is 1. The number of amides is 2. The number of nitrogens with two attached hydrogens (primary N) is 1. The third kappa shape index (κ3) is 4.50. The smallest absolute Gasteiger partial charge is 0.416 e. The molecule has 0 unspecified atom stereocenters. The molecule has 9 heteroatoms. The predicted octanol–water partition coefficient (Wildman–Crippen LogP) is 4.38. The SMILES string of the molecule is Nc1cc(Oc2cccnc2)ccc1NC(=O)C1CCC2(CC1)CN(c1ccccn1)C(=O)O2. The van der Waals surface area contributed by atoms with Crippen LogP contribution in [0.25, 0.3) is 0 Å². The minimum absolute atomic E-state index is 0.0895. The van der Waals surface area contributed by atoms with Crippen LogP contribution in [0.1, 0.15) is 25.7 Å². The molecular formula is C25H25N5O4. The van der Waals surface area contributed by atoms with Gasteiger partial charge in [-0.1, -0.05) is 6.07 Å². The van der Waals surface area contributed by atoms with Gasteiger partial charge in [-0.3, -0.25) is 14.7 Å². The van der Waals surface area contributed by atoms with Crippen LogP contribution in [0.4, 0.5) is 22.0 Å². The van der Waals surface area contributed by atoms with Crippen LogP contribution in [0.3, 0.4) is 0 Å². The summed E-state index contributed by atoms with van der Waals surface area (Å²) < 4.78 is 11.5. The van der Waals surface area contributed by atoms with Crippen LogP contribution in [-0.4, -0.2) is 34.1 Å². The van der Waals surface area contributed by atoms with E-state index in [1.54, 1.807) is 66.0 Å². The van der Waals surface area contributed by atoms with E-state index in [0.717, 1.165) is 0 Å². The zero-order chi connectivity index (χ0) is 23.5. The Bertz CT molecular complexity index is 1180. The van der Waals surface area contributed by atoms with Crippen molar-refractivity contribution < 1.29 is 19.1 Å². The summed E-state index contributed by atoms with van der Waals surface area (Å²) in [6.07, 6.45) is 7.02. The van der Waals surface area contributed by atoms with Crippen molar-refractivity contribution in [2.45, 2.75) is 31.3 Å². The highest BCUT2D eigenvalue weighted by Gasteiger charge is 2.48. The number of carbonyl (C=O) groups is 2. The Kier molecular flexibility index (Phi) is 5.75. The fourth-order valence-corrected chi connectivity index (χ4v) is 4.48. The fourth-order valence-electron chi connectivity index (χ4n) is 4.48. The lowest BCUT2D eigenvalue weighted by Gasteiger charge is -2.34. The largest absolute Gasteiger partial charge is 0.456 e. The van der Waals surface area contributed by atoms with E-state index in [2.05, 4.69) is 15.3 Å². The Balaban J connectivity index is 1.18. The van der Waals surface area contributed by atoms with Gasteiger partial charge in [0.25, 0.3) is 0 Å². The number of pyridine rings is 2. The van der Waals surface area contributed by atoms with Crippen molar-refractivity contribution in [1.82, 2.24) is 9.97 Å². The van der Waals surface area contributed by atoms with Crippen molar-refractivity contribution in [2.24, 2.45) is 5.92 Å². The average Bonchev–Trinajstić information content (AvgIpc) is 3.18. The first-order valence-corrected chi connectivity index (χ1v) is 11.2. The number of carbonyl (C=O) groups excluding carboxylic acids is 2. The van der Waals surface area contributed by atoms with Gasteiger partial charge in [-0.15, -0.1) is 0 Å². The van der Waals surface area contributed by atoms with Gasteiger partial charge in [0.1, 0.15) is 22.9 Å². The Hall–Kier alpha value is -4.14. The highest BCUT2D eigenvalue weighted by atomic mass is 16.6. The number of ether oxygens (including phenoxy) is 2. The molecule has 2 fully saturated rings. The van der Waals surface area contributed by atoms with Crippen molar-refractivity contribution >= 4 is 29.2 Å². The van der Waals surface area contributed by atoms with Crippen LogP contribution in [0.2, 0.25) is 0 Å². The Labute approximate surface area is 196 Å². The lowest BCUT2D eigenvalue weighted by Crippen LogP contribution is -2.41. The first kappa shape index (κ1) is 21.7. The minimum Gasteiger partial charge on any atom is -0.456 e. The molecule has 34 heavy (non-hydrogen) atoms. The maximum absolute atomic E-state index is 12.9. The number of nitrogen functional groups attached to an aromatic ring is 1. The van der Waals surface area contributed by atoms with Gasteiger partial charge in [-0.2, -0.15) is 0 Å². The molecular weight excluding hydrogens is 434 g/mol. The van der Waals surface area contributed by atoms with Gasteiger partial charge in [0.2, 0.25) is 5.91 Å². The number of nitrogens with zero attached hydrogens (tertiary/aromatic N) is 3. The van der Waals surface area contributed by atoms with E-state index in [4.69, 9.17) is 15.2 Å². The number of benzene rings is 1. The summed E-state index contributed by atoms with van der Waals surface area (Å²) in [7, 11) is 0. The summed E-state index contributed by atoms with van der Waals surface area (Å²) >= 11 is 0. The highest BCUT2D eigenvalue weighted by Crippen LogP contribution is 2.41. The van der Waals surface area contributed by atoms with Gasteiger partial charge < -0.3 is 20.5 Å². The van der Waals surface area contributed by atoms with Gasteiger partial charge in [0.15, 0.2) is 0 Å². The van der Waals surface area contributed by atoms with Gasteiger partial charge in [0, 0.05) is 24.4 Å². The first-order valence-electron chi connectivity index (χ1n) is 11.2. The minimum atomic E-state index is -0.574. The van der Waals surface area contributed by atoms with E-state index in [0.29, 0.717) is 60.9 Å². The van der Waals surface area contributed by atoms with Crippen molar-refractivity contribution in [1.29, 1.82) is 0 Å². The summed E-state index contributed by atoms with van der Waals surface area (Å²) in [6.45, 7) is 0.447. The van der Waals surface area contributed by atoms with Crippen molar-refractivity contribution in [3.05, 3.63) is 67.1 Å². The third-order valence-corrected chi connectivity index (χ3v) is 6.31. The molecule has 9 nitrogen and oxygen atoms in total. The Morgan fingerprint density at radius 1 is 1.12 bits per heavy atom. The molecule has 5 rings (SSSR count). The first-order chi connectivity index (χ1) is 16.5. The molecule has 2 amide bonds. The van der Waals surface area contributed by atoms with E-state index >= 15 is 0 Å². The summed E-state index contributed by atoms with van der Waals surface area (Å²) in [5, 5.41) is 2.93. The summed E-state index contributed by atoms with van der Waals surface area (Å²) in [4.78, 5) is 35.2. The summed E-state index contributed by atoms with van der Waals surface area (Å²) in [6, 6.07) is 14.2. The van der Waals surface area contributed by atoms with Crippen molar-refractivity contribution in [3.63, 3.8) is 0 Å². The normalized spacial score (nSPS) is 21.8. The highest BCUT2D eigenvalue weighted by molar-refractivity contribution is 5.95. The molecule has 2 aliphatic rings. The van der Waals surface area contributed by atoms with Crippen LogP contribution in [0, 0.1) is 5.92 Å². The molecule has 3 N–H and O–H groups in total. The molecule has 1 spiro atoms. The quantitative estimate of drug-likeness (QED) is 0.544. The Morgan fingerprint density at radius 3 is 2.68 bits per heavy atom. The standard InChI is InChI=1S/C25H25N5O4/c26-20-14-18(33-19-4-3-12-27-15-19)6-7-21(20)29-23(31)17-8-10-25(11-9-17)16-30(24(32)34-25)22-5-1-2-13-28-22/h1-7,12-15,17H,8-11,16,26H2,(H,29,31). The Morgan fingerprint density at radius 2 is 1.97 bits per heavy atom. The molecule has 1 aromatic carbocycles. The van der Waals surface area contributed by atoms with Gasteiger partial charge in [-0.25, -0.2) is 9.78 Å². The van der Waals surface area contributed by atoms with E-state index in [9.17, 15) is 9.59 Å². The molecule has 0 bridgehead atoms. The number of hydrogen-bond acceptors (Lipinski definition) is 7. The predicted molar refractivity (Wildman–Crippen MR) is 127 cm³/mol. The molecule has 1 saturated heterocycles. The van der Waals surface area contributed by atoms with Crippen LogP contribution in [0.15, 0.2) is 67.1 Å². The number of hydrogen-bond donors (Lipinski definition) is 2. The molecule has 0 atom stereocenters. The zero-order valence-corrected chi connectivity index (χ0v) is 18.5. The average molecular weight is 460 g/mol. The fraction of sp³-hybridized carbons (Fsp3) is 0.280. The number of aromatic nitrogens is 2. The second-order valence-electron chi connectivity index (χ2n) is 8.63. The van der Waals surface area contributed by atoms with Crippen LogP contribution < -0.4 is 20.7 Å². The van der Waals surface area contributed by atoms with Crippen molar-refractivity contribution in [3.8, 4) is 11.5 Å². The van der Waals surface area contributed by atoms with Crippen LogP contribution >= 0.6 is 0 Å². The van der Waals surface area contributed by atoms with E-state index in [1.807, 2.05) is 6.07 Å². The van der Waals surface area contributed by atoms with E-state index in [1.165, 1.54) is 0 Å². The van der Waals surface area contributed by atoms with Gasteiger partial charge in [0.05, 0.1) is 24.1 Å².